The highest BCUT2D eigenvalue weighted by atomic mass is 16.6. The van der Waals surface area contributed by atoms with Crippen molar-refractivity contribution in [2.24, 2.45) is 5.92 Å². The molecule has 0 amide bonds. The minimum atomic E-state index is -0.291. The summed E-state index contributed by atoms with van der Waals surface area (Å²) in [6, 6.07) is 7.04. The molecule has 0 aromatic heterocycles. The SMILES string of the molecule is CCC(c1ccccc1[N+](=O)[O-])C(C)C. The molecule has 0 aliphatic heterocycles. The third-order valence-corrected chi connectivity index (χ3v) is 2.78. The van der Waals surface area contributed by atoms with Gasteiger partial charge in [-0.3, -0.25) is 10.1 Å². The fraction of sp³-hybridized carbons (Fsp3) is 0.500. The molecule has 3 nitrogen and oxygen atoms in total. The lowest BCUT2D eigenvalue weighted by molar-refractivity contribution is -0.385. The standard InChI is InChI=1S/C12H17NO2/c1-4-10(9(2)3)11-7-5-6-8-12(11)13(14)15/h5-10H,4H2,1-3H3. The average Bonchev–Trinajstić information content (AvgIpc) is 2.18. The second-order valence-corrected chi connectivity index (χ2v) is 4.07. The zero-order chi connectivity index (χ0) is 11.4. The molecule has 0 fully saturated rings. The van der Waals surface area contributed by atoms with Crippen molar-refractivity contribution in [3.63, 3.8) is 0 Å². The maximum Gasteiger partial charge on any atom is 0.272 e. The second-order valence-electron chi connectivity index (χ2n) is 4.07. The van der Waals surface area contributed by atoms with Crippen LogP contribution in [0.5, 0.6) is 0 Å². The number of benzene rings is 1. The van der Waals surface area contributed by atoms with Crippen molar-refractivity contribution in [3.8, 4) is 0 Å². The van der Waals surface area contributed by atoms with Gasteiger partial charge in [0.15, 0.2) is 0 Å². The lowest BCUT2D eigenvalue weighted by Gasteiger charge is -2.19. The topological polar surface area (TPSA) is 43.1 Å². The van der Waals surface area contributed by atoms with Gasteiger partial charge in [-0.05, 0) is 18.3 Å². The number of rotatable bonds is 4. The van der Waals surface area contributed by atoms with Crippen LogP contribution < -0.4 is 0 Å². The van der Waals surface area contributed by atoms with Crippen LogP contribution in [0.1, 0.15) is 38.7 Å². The van der Waals surface area contributed by atoms with E-state index in [1.54, 1.807) is 12.1 Å². The summed E-state index contributed by atoms with van der Waals surface area (Å²) in [5, 5.41) is 10.9. The molecule has 0 saturated carbocycles. The van der Waals surface area contributed by atoms with E-state index in [0.29, 0.717) is 5.92 Å². The van der Waals surface area contributed by atoms with Gasteiger partial charge in [-0.2, -0.15) is 0 Å². The Kier molecular flexibility index (Phi) is 3.83. The average molecular weight is 207 g/mol. The van der Waals surface area contributed by atoms with Crippen molar-refractivity contribution in [3.05, 3.63) is 39.9 Å². The first-order chi connectivity index (χ1) is 7.07. The molecule has 1 rings (SSSR count). The molecule has 1 unspecified atom stereocenters. The van der Waals surface area contributed by atoms with Crippen LogP contribution in [0.4, 0.5) is 5.69 Å². The van der Waals surface area contributed by atoms with E-state index >= 15 is 0 Å². The predicted molar refractivity (Wildman–Crippen MR) is 61.0 cm³/mol. The lowest BCUT2D eigenvalue weighted by atomic mass is 9.85. The summed E-state index contributed by atoms with van der Waals surface area (Å²) in [7, 11) is 0. The van der Waals surface area contributed by atoms with Crippen molar-refractivity contribution < 1.29 is 4.92 Å². The summed E-state index contributed by atoms with van der Waals surface area (Å²) in [6.45, 7) is 6.27. The van der Waals surface area contributed by atoms with Gasteiger partial charge in [0.2, 0.25) is 0 Å². The van der Waals surface area contributed by atoms with Crippen LogP contribution in [0.2, 0.25) is 0 Å². The molecule has 0 spiro atoms. The zero-order valence-electron chi connectivity index (χ0n) is 9.43. The number of hydrogen-bond acceptors (Lipinski definition) is 2. The molecular weight excluding hydrogens is 190 g/mol. The van der Waals surface area contributed by atoms with Crippen LogP contribution in [-0.2, 0) is 0 Å². The Balaban J connectivity index is 3.16. The minimum Gasteiger partial charge on any atom is -0.258 e. The summed E-state index contributed by atoms with van der Waals surface area (Å²) in [5.74, 6) is 0.697. The molecule has 82 valence electrons. The van der Waals surface area contributed by atoms with Gasteiger partial charge in [0, 0.05) is 11.6 Å². The van der Waals surface area contributed by atoms with Crippen LogP contribution in [0, 0.1) is 16.0 Å². The van der Waals surface area contributed by atoms with Crippen LogP contribution in [0.25, 0.3) is 0 Å². The van der Waals surface area contributed by atoms with E-state index in [9.17, 15) is 10.1 Å². The predicted octanol–water partition coefficient (Wildman–Crippen LogP) is 3.74. The third-order valence-electron chi connectivity index (χ3n) is 2.78. The quantitative estimate of drug-likeness (QED) is 0.557. The summed E-state index contributed by atoms with van der Waals surface area (Å²) in [4.78, 5) is 10.6. The molecule has 0 heterocycles. The van der Waals surface area contributed by atoms with Gasteiger partial charge in [0.1, 0.15) is 0 Å². The Hall–Kier alpha value is -1.38. The Bertz CT molecular complexity index is 347. The first-order valence-corrected chi connectivity index (χ1v) is 5.31. The smallest absolute Gasteiger partial charge is 0.258 e. The Morgan fingerprint density at radius 2 is 1.93 bits per heavy atom. The van der Waals surface area contributed by atoms with Crippen LogP contribution in [0.15, 0.2) is 24.3 Å². The Labute approximate surface area is 90.3 Å². The molecule has 0 aliphatic carbocycles. The van der Waals surface area contributed by atoms with Gasteiger partial charge < -0.3 is 0 Å². The fourth-order valence-corrected chi connectivity index (χ4v) is 2.02. The molecule has 15 heavy (non-hydrogen) atoms. The summed E-state index contributed by atoms with van der Waals surface area (Å²) in [6.07, 6.45) is 0.933. The summed E-state index contributed by atoms with van der Waals surface area (Å²) in [5.41, 5.74) is 1.11. The first-order valence-electron chi connectivity index (χ1n) is 5.31. The van der Waals surface area contributed by atoms with Crippen molar-refractivity contribution in [1.82, 2.24) is 0 Å². The molecule has 1 aromatic carbocycles. The number of nitrogens with zero attached hydrogens (tertiary/aromatic N) is 1. The number of para-hydroxylation sites is 1. The highest BCUT2D eigenvalue weighted by Gasteiger charge is 2.22. The normalized spacial score (nSPS) is 12.8. The molecule has 0 radical (unpaired) electrons. The van der Waals surface area contributed by atoms with E-state index in [-0.39, 0.29) is 16.5 Å². The second kappa shape index (κ2) is 4.91. The van der Waals surface area contributed by atoms with Crippen LogP contribution in [-0.4, -0.2) is 4.92 Å². The highest BCUT2D eigenvalue weighted by Crippen LogP contribution is 2.33. The van der Waals surface area contributed by atoms with Crippen LogP contribution in [0.3, 0.4) is 0 Å². The van der Waals surface area contributed by atoms with Crippen molar-refractivity contribution in [2.45, 2.75) is 33.1 Å². The van der Waals surface area contributed by atoms with Crippen molar-refractivity contribution in [2.75, 3.05) is 0 Å². The maximum atomic E-state index is 10.9. The molecular formula is C12H17NO2. The van der Waals surface area contributed by atoms with E-state index in [0.717, 1.165) is 12.0 Å². The van der Waals surface area contributed by atoms with E-state index in [1.807, 2.05) is 12.1 Å². The molecule has 1 atom stereocenters. The van der Waals surface area contributed by atoms with E-state index in [4.69, 9.17) is 0 Å². The number of nitro benzene ring substituents is 1. The highest BCUT2D eigenvalue weighted by molar-refractivity contribution is 5.42. The van der Waals surface area contributed by atoms with Gasteiger partial charge in [-0.15, -0.1) is 0 Å². The maximum absolute atomic E-state index is 10.9. The Morgan fingerprint density at radius 1 is 1.33 bits per heavy atom. The lowest BCUT2D eigenvalue weighted by Crippen LogP contribution is -2.08. The Morgan fingerprint density at radius 3 is 2.40 bits per heavy atom. The summed E-state index contributed by atoms with van der Waals surface area (Å²) < 4.78 is 0. The molecule has 0 N–H and O–H groups in total. The van der Waals surface area contributed by atoms with Crippen molar-refractivity contribution in [1.29, 1.82) is 0 Å². The van der Waals surface area contributed by atoms with Crippen molar-refractivity contribution >= 4 is 5.69 Å². The molecule has 3 heteroatoms. The van der Waals surface area contributed by atoms with E-state index in [1.165, 1.54) is 0 Å². The van der Waals surface area contributed by atoms with Gasteiger partial charge in [-0.25, -0.2) is 0 Å². The molecule has 0 bridgehead atoms. The molecule has 0 saturated heterocycles. The fourth-order valence-electron chi connectivity index (χ4n) is 2.02. The largest absolute Gasteiger partial charge is 0.272 e. The third kappa shape index (κ3) is 2.55. The monoisotopic (exact) mass is 207 g/mol. The first kappa shape index (κ1) is 11.7. The summed E-state index contributed by atoms with van der Waals surface area (Å²) >= 11 is 0. The van der Waals surface area contributed by atoms with Gasteiger partial charge >= 0.3 is 0 Å². The van der Waals surface area contributed by atoms with Crippen LogP contribution >= 0.6 is 0 Å². The van der Waals surface area contributed by atoms with Gasteiger partial charge in [-0.1, -0.05) is 39.0 Å². The molecule has 1 aromatic rings. The van der Waals surface area contributed by atoms with E-state index in [2.05, 4.69) is 20.8 Å². The minimum absolute atomic E-state index is 0.248. The molecule has 0 aliphatic rings. The number of hydrogen-bond donors (Lipinski definition) is 0. The number of nitro groups is 1. The van der Waals surface area contributed by atoms with Gasteiger partial charge in [0.25, 0.3) is 5.69 Å². The van der Waals surface area contributed by atoms with Gasteiger partial charge in [0.05, 0.1) is 4.92 Å². The van der Waals surface area contributed by atoms with E-state index < -0.39 is 0 Å². The zero-order valence-corrected chi connectivity index (χ0v) is 9.43.